The van der Waals surface area contributed by atoms with Crippen molar-refractivity contribution in [2.24, 2.45) is 0 Å². The number of thiocarbonyl (C=S) groups is 1. The Morgan fingerprint density at radius 3 is 2.44 bits per heavy atom. The monoisotopic (exact) mass is 276 g/mol. The van der Waals surface area contributed by atoms with Crippen molar-refractivity contribution in [2.45, 2.75) is 26.3 Å². The standard InChI is InChI=1S/C11H14Cl2N2S/c1-3-7(2)14-11(16)15-10-8(12)5-4-6-9(10)13/h4-7H,3H2,1-2H3,(H2,14,15,16). The minimum Gasteiger partial charge on any atom is -0.360 e. The van der Waals surface area contributed by atoms with E-state index in [0.717, 1.165) is 6.42 Å². The van der Waals surface area contributed by atoms with E-state index in [1.165, 1.54) is 0 Å². The second kappa shape index (κ2) is 6.28. The van der Waals surface area contributed by atoms with Gasteiger partial charge in [0.2, 0.25) is 0 Å². The van der Waals surface area contributed by atoms with Gasteiger partial charge in [-0.1, -0.05) is 36.2 Å². The fourth-order valence-corrected chi connectivity index (χ4v) is 1.89. The summed E-state index contributed by atoms with van der Waals surface area (Å²) in [6, 6.07) is 5.64. The summed E-state index contributed by atoms with van der Waals surface area (Å²) in [5.41, 5.74) is 0.645. The van der Waals surface area contributed by atoms with Crippen LogP contribution in [0.2, 0.25) is 10.0 Å². The van der Waals surface area contributed by atoms with Gasteiger partial charge in [0.25, 0.3) is 0 Å². The summed E-state index contributed by atoms with van der Waals surface area (Å²) in [5.74, 6) is 0. The lowest BCUT2D eigenvalue weighted by atomic mass is 10.3. The summed E-state index contributed by atoms with van der Waals surface area (Å²) in [6.45, 7) is 4.14. The zero-order valence-electron chi connectivity index (χ0n) is 9.18. The molecule has 0 spiro atoms. The highest BCUT2D eigenvalue weighted by Gasteiger charge is 2.08. The highest BCUT2D eigenvalue weighted by atomic mass is 35.5. The SMILES string of the molecule is CCC(C)NC(=S)Nc1c(Cl)cccc1Cl. The molecule has 0 bridgehead atoms. The molecular formula is C11H14Cl2N2S. The summed E-state index contributed by atoms with van der Waals surface area (Å²) >= 11 is 17.2. The molecule has 0 amide bonds. The molecular weight excluding hydrogens is 263 g/mol. The lowest BCUT2D eigenvalue weighted by molar-refractivity contribution is 0.646. The Morgan fingerprint density at radius 2 is 1.94 bits per heavy atom. The van der Waals surface area contributed by atoms with Gasteiger partial charge in [-0.15, -0.1) is 0 Å². The maximum absolute atomic E-state index is 6.01. The maximum atomic E-state index is 6.01. The topological polar surface area (TPSA) is 24.1 Å². The first kappa shape index (κ1) is 13.6. The highest BCUT2D eigenvalue weighted by molar-refractivity contribution is 7.80. The number of anilines is 1. The Kier molecular flexibility index (Phi) is 5.32. The Morgan fingerprint density at radius 1 is 1.38 bits per heavy atom. The van der Waals surface area contributed by atoms with E-state index in [2.05, 4.69) is 24.5 Å². The Labute approximate surface area is 111 Å². The quantitative estimate of drug-likeness (QED) is 0.814. The van der Waals surface area contributed by atoms with Crippen molar-refractivity contribution in [1.29, 1.82) is 0 Å². The molecule has 0 aliphatic carbocycles. The van der Waals surface area contributed by atoms with Crippen LogP contribution in [0, 0.1) is 0 Å². The van der Waals surface area contributed by atoms with Crippen LogP contribution in [0.25, 0.3) is 0 Å². The molecule has 88 valence electrons. The van der Waals surface area contributed by atoms with Gasteiger partial charge in [0.1, 0.15) is 0 Å². The van der Waals surface area contributed by atoms with E-state index < -0.39 is 0 Å². The molecule has 5 heteroatoms. The molecule has 0 saturated heterocycles. The van der Waals surface area contributed by atoms with E-state index >= 15 is 0 Å². The summed E-state index contributed by atoms with van der Waals surface area (Å²) in [5, 5.41) is 7.78. The Hall–Kier alpha value is -0.510. The largest absolute Gasteiger partial charge is 0.360 e. The van der Waals surface area contributed by atoms with Gasteiger partial charge >= 0.3 is 0 Å². The van der Waals surface area contributed by atoms with Gasteiger partial charge in [-0.2, -0.15) is 0 Å². The van der Waals surface area contributed by atoms with Crippen LogP contribution in [0.1, 0.15) is 20.3 Å². The zero-order chi connectivity index (χ0) is 12.1. The highest BCUT2D eigenvalue weighted by Crippen LogP contribution is 2.29. The number of halogens is 2. The molecule has 1 aromatic rings. The second-order valence-corrected chi connectivity index (χ2v) is 4.73. The van der Waals surface area contributed by atoms with Crippen LogP contribution in [0.5, 0.6) is 0 Å². The van der Waals surface area contributed by atoms with Crippen LogP contribution >= 0.6 is 35.4 Å². The molecule has 0 aliphatic rings. The fourth-order valence-electron chi connectivity index (χ4n) is 1.09. The molecule has 0 fully saturated rings. The molecule has 0 radical (unpaired) electrons. The fraction of sp³-hybridized carbons (Fsp3) is 0.364. The van der Waals surface area contributed by atoms with E-state index in [1.54, 1.807) is 18.2 Å². The predicted molar refractivity (Wildman–Crippen MR) is 75.6 cm³/mol. The molecule has 1 aromatic carbocycles. The number of hydrogen-bond acceptors (Lipinski definition) is 1. The molecule has 2 nitrogen and oxygen atoms in total. The van der Waals surface area contributed by atoms with Crippen molar-refractivity contribution >= 4 is 46.2 Å². The van der Waals surface area contributed by atoms with E-state index in [-0.39, 0.29) is 0 Å². The summed E-state index contributed by atoms with van der Waals surface area (Å²) in [4.78, 5) is 0. The van der Waals surface area contributed by atoms with Crippen molar-refractivity contribution in [3.05, 3.63) is 28.2 Å². The third kappa shape index (κ3) is 3.81. The molecule has 2 N–H and O–H groups in total. The zero-order valence-corrected chi connectivity index (χ0v) is 11.5. The molecule has 1 atom stereocenters. The van der Waals surface area contributed by atoms with Crippen LogP contribution in [-0.2, 0) is 0 Å². The van der Waals surface area contributed by atoms with E-state index in [9.17, 15) is 0 Å². The number of hydrogen-bond donors (Lipinski definition) is 2. The minimum atomic E-state index is 0.321. The van der Waals surface area contributed by atoms with Gasteiger partial charge in [-0.25, -0.2) is 0 Å². The molecule has 0 aromatic heterocycles. The van der Waals surface area contributed by atoms with E-state index in [0.29, 0.717) is 26.9 Å². The first-order valence-corrected chi connectivity index (χ1v) is 6.22. The number of benzene rings is 1. The van der Waals surface area contributed by atoms with Crippen molar-refractivity contribution in [3.8, 4) is 0 Å². The van der Waals surface area contributed by atoms with Gasteiger partial charge < -0.3 is 10.6 Å². The van der Waals surface area contributed by atoms with Crippen LogP contribution in [0.15, 0.2) is 18.2 Å². The van der Waals surface area contributed by atoms with Crippen molar-refractivity contribution in [2.75, 3.05) is 5.32 Å². The smallest absolute Gasteiger partial charge is 0.171 e. The van der Waals surface area contributed by atoms with Crippen LogP contribution in [-0.4, -0.2) is 11.2 Å². The predicted octanol–water partition coefficient (Wildman–Crippen LogP) is 4.08. The van der Waals surface area contributed by atoms with Crippen molar-refractivity contribution in [3.63, 3.8) is 0 Å². The maximum Gasteiger partial charge on any atom is 0.171 e. The first-order valence-electron chi connectivity index (χ1n) is 5.06. The van der Waals surface area contributed by atoms with Crippen molar-refractivity contribution < 1.29 is 0 Å². The summed E-state index contributed by atoms with van der Waals surface area (Å²) in [7, 11) is 0. The Bertz CT molecular complexity index is 362. The average molecular weight is 277 g/mol. The lowest BCUT2D eigenvalue weighted by Crippen LogP contribution is -2.35. The molecule has 0 saturated carbocycles. The number of para-hydroxylation sites is 1. The normalized spacial score (nSPS) is 12.0. The van der Waals surface area contributed by atoms with Gasteiger partial charge in [0, 0.05) is 6.04 Å². The van der Waals surface area contributed by atoms with Crippen LogP contribution < -0.4 is 10.6 Å². The molecule has 0 aliphatic heterocycles. The van der Waals surface area contributed by atoms with E-state index in [1.807, 2.05) is 0 Å². The first-order chi connectivity index (χ1) is 7.54. The van der Waals surface area contributed by atoms with Gasteiger partial charge in [0.15, 0.2) is 5.11 Å². The molecule has 1 rings (SSSR count). The van der Waals surface area contributed by atoms with E-state index in [4.69, 9.17) is 35.4 Å². The van der Waals surface area contributed by atoms with Crippen LogP contribution in [0.4, 0.5) is 5.69 Å². The van der Waals surface area contributed by atoms with Crippen molar-refractivity contribution in [1.82, 2.24) is 5.32 Å². The van der Waals surface area contributed by atoms with Crippen LogP contribution in [0.3, 0.4) is 0 Å². The molecule has 0 heterocycles. The Balaban J connectivity index is 2.70. The van der Waals surface area contributed by atoms with Gasteiger partial charge in [0.05, 0.1) is 15.7 Å². The molecule has 16 heavy (non-hydrogen) atoms. The second-order valence-electron chi connectivity index (χ2n) is 3.50. The third-order valence-corrected chi connectivity index (χ3v) is 3.04. The molecule has 1 unspecified atom stereocenters. The minimum absolute atomic E-state index is 0.321. The van der Waals surface area contributed by atoms with Gasteiger partial charge in [-0.3, -0.25) is 0 Å². The lowest BCUT2D eigenvalue weighted by Gasteiger charge is -2.16. The summed E-state index contributed by atoms with van der Waals surface area (Å²) < 4.78 is 0. The summed E-state index contributed by atoms with van der Waals surface area (Å²) in [6.07, 6.45) is 0.998. The average Bonchev–Trinajstić information content (AvgIpc) is 2.23. The van der Waals surface area contributed by atoms with Gasteiger partial charge in [-0.05, 0) is 37.7 Å². The third-order valence-electron chi connectivity index (χ3n) is 2.19. The number of nitrogens with one attached hydrogen (secondary N) is 2. The number of rotatable bonds is 3.